The number of likely N-dealkylation sites (tertiary alicyclic amines) is 1. The summed E-state index contributed by atoms with van der Waals surface area (Å²) in [7, 11) is 1.98. The Labute approximate surface area is 126 Å². The first-order valence-corrected chi connectivity index (χ1v) is 7.70. The predicted octanol–water partition coefficient (Wildman–Crippen LogP) is 1.70. The van der Waals surface area contributed by atoms with Crippen LogP contribution >= 0.6 is 0 Å². The van der Waals surface area contributed by atoms with Crippen molar-refractivity contribution in [1.82, 2.24) is 15.2 Å². The first-order valence-electron chi connectivity index (χ1n) is 7.70. The highest BCUT2D eigenvalue weighted by molar-refractivity contribution is 5.81. The SMILES string of the molecule is CNCCC1CCN(C(=O)C(C)Oc2cccnc2)CC1. The van der Waals surface area contributed by atoms with Gasteiger partial charge in [-0.25, -0.2) is 0 Å². The number of amides is 1. The number of aromatic nitrogens is 1. The van der Waals surface area contributed by atoms with E-state index in [2.05, 4.69) is 10.3 Å². The molecular formula is C16H25N3O2. The largest absolute Gasteiger partial charge is 0.479 e. The van der Waals surface area contributed by atoms with E-state index >= 15 is 0 Å². The lowest BCUT2D eigenvalue weighted by Gasteiger charge is -2.33. The second kappa shape index (κ2) is 7.98. The summed E-state index contributed by atoms with van der Waals surface area (Å²) in [6.07, 6.45) is 6.24. The molecule has 1 fully saturated rings. The molecule has 0 aliphatic carbocycles. The zero-order chi connectivity index (χ0) is 15.1. The second-order valence-corrected chi connectivity index (χ2v) is 5.61. The number of pyridine rings is 1. The minimum atomic E-state index is -0.456. The van der Waals surface area contributed by atoms with E-state index in [0.29, 0.717) is 5.75 Å². The van der Waals surface area contributed by atoms with Crippen molar-refractivity contribution in [3.63, 3.8) is 0 Å². The van der Waals surface area contributed by atoms with Crippen LogP contribution in [-0.2, 0) is 4.79 Å². The summed E-state index contributed by atoms with van der Waals surface area (Å²) in [6.45, 7) is 4.55. The van der Waals surface area contributed by atoms with Crippen LogP contribution in [0.15, 0.2) is 24.5 Å². The smallest absolute Gasteiger partial charge is 0.263 e. The van der Waals surface area contributed by atoms with Crippen molar-refractivity contribution < 1.29 is 9.53 Å². The maximum Gasteiger partial charge on any atom is 0.263 e. The lowest BCUT2D eigenvalue weighted by molar-refractivity contribution is -0.139. The highest BCUT2D eigenvalue weighted by Crippen LogP contribution is 2.21. The maximum absolute atomic E-state index is 12.4. The van der Waals surface area contributed by atoms with Gasteiger partial charge in [-0.3, -0.25) is 9.78 Å². The Morgan fingerprint density at radius 3 is 2.90 bits per heavy atom. The summed E-state index contributed by atoms with van der Waals surface area (Å²) in [5.41, 5.74) is 0. The van der Waals surface area contributed by atoms with Gasteiger partial charge in [-0.1, -0.05) is 0 Å². The molecule has 1 aromatic heterocycles. The molecule has 1 amide bonds. The number of nitrogens with zero attached hydrogens (tertiary/aromatic N) is 2. The van der Waals surface area contributed by atoms with Gasteiger partial charge in [-0.05, 0) is 57.8 Å². The highest BCUT2D eigenvalue weighted by atomic mass is 16.5. The fourth-order valence-corrected chi connectivity index (χ4v) is 2.72. The van der Waals surface area contributed by atoms with Gasteiger partial charge in [-0.2, -0.15) is 0 Å². The van der Waals surface area contributed by atoms with Crippen LogP contribution in [0.25, 0.3) is 0 Å². The summed E-state index contributed by atoms with van der Waals surface area (Å²) in [5.74, 6) is 1.45. The van der Waals surface area contributed by atoms with Crippen molar-refractivity contribution in [2.75, 3.05) is 26.7 Å². The van der Waals surface area contributed by atoms with Gasteiger partial charge in [0.1, 0.15) is 5.75 Å². The zero-order valence-electron chi connectivity index (χ0n) is 12.9. The molecule has 0 saturated carbocycles. The minimum Gasteiger partial charge on any atom is -0.479 e. The third-order valence-electron chi connectivity index (χ3n) is 4.02. The normalized spacial score (nSPS) is 17.5. The van der Waals surface area contributed by atoms with Crippen molar-refractivity contribution in [2.45, 2.75) is 32.3 Å². The maximum atomic E-state index is 12.4. The number of hydrogen-bond donors (Lipinski definition) is 1. The monoisotopic (exact) mass is 291 g/mol. The van der Waals surface area contributed by atoms with E-state index in [9.17, 15) is 4.79 Å². The lowest BCUT2D eigenvalue weighted by atomic mass is 9.93. The summed E-state index contributed by atoms with van der Waals surface area (Å²) in [6, 6.07) is 3.63. The number of carbonyl (C=O) groups is 1. The molecule has 1 atom stereocenters. The van der Waals surface area contributed by atoms with Crippen molar-refractivity contribution in [3.8, 4) is 5.75 Å². The molecular weight excluding hydrogens is 266 g/mol. The van der Waals surface area contributed by atoms with Gasteiger partial charge in [0.05, 0.1) is 6.20 Å². The Bertz CT molecular complexity index is 430. The summed E-state index contributed by atoms with van der Waals surface area (Å²) in [5, 5.41) is 3.19. The Hall–Kier alpha value is -1.62. The summed E-state index contributed by atoms with van der Waals surface area (Å²) in [4.78, 5) is 18.3. The molecule has 1 N–H and O–H groups in total. The van der Waals surface area contributed by atoms with Crippen LogP contribution in [0.2, 0.25) is 0 Å². The van der Waals surface area contributed by atoms with E-state index in [0.717, 1.165) is 38.4 Å². The van der Waals surface area contributed by atoms with Crippen molar-refractivity contribution in [2.24, 2.45) is 5.92 Å². The van der Waals surface area contributed by atoms with E-state index in [1.165, 1.54) is 6.42 Å². The molecule has 0 radical (unpaired) electrons. The average Bonchev–Trinajstić information content (AvgIpc) is 2.53. The van der Waals surface area contributed by atoms with E-state index in [1.807, 2.05) is 24.9 Å². The van der Waals surface area contributed by atoms with Crippen LogP contribution in [0.4, 0.5) is 0 Å². The van der Waals surface area contributed by atoms with Crippen LogP contribution in [0, 0.1) is 5.92 Å². The third-order valence-corrected chi connectivity index (χ3v) is 4.02. The molecule has 2 heterocycles. The number of carbonyl (C=O) groups excluding carboxylic acids is 1. The standard InChI is InChI=1S/C16H25N3O2/c1-13(21-15-4-3-8-18-12-15)16(20)19-10-6-14(7-11-19)5-9-17-2/h3-4,8,12-14,17H,5-7,9-11H2,1-2H3. The molecule has 0 bridgehead atoms. The molecule has 116 valence electrons. The molecule has 1 aliphatic heterocycles. The van der Waals surface area contributed by atoms with Crippen molar-refractivity contribution in [1.29, 1.82) is 0 Å². The zero-order valence-corrected chi connectivity index (χ0v) is 12.9. The Morgan fingerprint density at radius 1 is 1.52 bits per heavy atom. The molecule has 0 aromatic carbocycles. The first kappa shape index (κ1) is 15.8. The molecule has 21 heavy (non-hydrogen) atoms. The van der Waals surface area contributed by atoms with E-state index in [-0.39, 0.29) is 5.91 Å². The predicted molar refractivity (Wildman–Crippen MR) is 82.2 cm³/mol. The van der Waals surface area contributed by atoms with Crippen LogP contribution in [0.5, 0.6) is 5.75 Å². The van der Waals surface area contributed by atoms with Gasteiger partial charge in [-0.15, -0.1) is 0 Å². The quantitative estimate of drug-likeness (QED) is 0.866. The second-order valence-electron chi connectivity index (χ2n) is 5.61. The molecule has 5 nitrogen and oxygen atoms in total. The first-order chi connectivity index (χ1) is 10.2. The van der Waals surface area contributed by atoms with E-state index < -0.39 is 6.10 Å². The number of rotatable bonds is 6. The van der Waals surface area contributed by atoms with E-state index in [1.54, 1.807) is 18.5 Å². The van der Waals surface area contributed by atoms with Gasteiger partial charge in [0.2, 0.25) is 0 Å². The number of hydrogen-bond acceptors (Lipinski definition) is 4. The fraction of sp³-hybridized carbons (Fsp3) is 0.625. The van der Waals surface area contributed by atoms with Crippen LogP contribution in [0.1, 0.15) is 26.2 Å². The average molecular weight is 291 g/mol. The fourth-order valence-electron chi connectivity index (χ4n) is 2.72. The summed E-state index contributed by atoms with van der Waals surface area (Å²) < 4.78 is 5.66. The Balaban J connectivity index is 1.78. The molecule has 1 unspecified atom stereocenters. The van der Waals surface area contributed by atoms with Crippen molar-refractivity contribution >= 4 is 5.91 Å². The molecule has 1 aromatic rings. The van der Waals surface area contributed by atoms with Gasteiger partial charge >= 0.3 is 0 Å². The van der Waals surface area contributed by atoms with Gasteiger partial charge in [0.25, 0.3) is 5.91 Å². The Kier molecular flexibility index (Phi) is 5.99. The highest BCUT2D eigenvalue weighted by Gasteiger charge is 2.26. The molecule has 5 heteroatoms. The topological polar surface area (TPSA) is 54.5 Å². The lowest BCUT2D eigenvalue weighted by Crippen LogP contribution is -2.45. The molecule has 1 saturated heterocycles. The van der Waals surface area contributed by atoms with Crippen LogP contribution in [-0.4, -0.2) is 48.6 Å². The van der Waals surface area contributed by atoms with Crippen LogP contribution in [0.3, 0.4) is 0 Å². The Morgan fingerprint density at radius 2 is 2.29 bits per heavy atom. The molecule has 1 aliphatic rings. The number of ether oxygens (including phenoxy) is 1. The van der Waals surface area contributed by atoms with Gasteiger partial charge in [0, 0.05) is 19.3 Å². The van der Waals surface area contributed by atoms with Gasteiger partial charge < -0.3 is 15.0 Å². The molecule has 2 rings (SSSR count). The minimum absolute atomic E-state index is 0.0749. The number of piperidine rings is 1. The van der Waals surface area contributed by atoms with Gasteiger partial charge in [0.15, 0.2) is 6.10 Å². The number of nitrogens with one attached hydrogen (secondary N) is 1. The van der Waals surface area contributed by atoms with E-state index in [4.69, 9.17) is 4.74 Å². The van der Waals surface area contributed by atoms with Crippen LogP contribution < -0.4 is 10.1 Å². The third kappa shape index (κ3) is 4.70. The van der Waals surface area contributed by atoms with Crippen molar-refractivity contribution in [3.05, 3.63) is 24.5 Å². The summed E-state index contributed by atoms with van der Waals surface area (Å²) >= 11 is 0. The molecule has 0 spiro atoms.